The molecule has 0 spiro atoms. The van der Waals surface area contributed by atoms with Crippen molar-refractivity contribution in [1.82, 2.24) is 0 Å². The Morgan fingerprint density at radius 3 is 1.73 bits per heavy atom. The van der Waals surface area contributed by atoms with E-state index >= 15 is 0 Å². The van der Waals surface area contributed by atoms with Gasteiger partial charge in [-0.15, -0.1) is 0 Å². The molecule has 2 aliphatic rings. The van der Waals surface area contributed by atoms with Crippen molar-refractivity contribution in [3.8, 4) is 56.0 Å². The molecule has 1 nitrogen and oxygen atoms in total. The summed E-state index contributed by atoms with van der Waals surface area (Å²) in [7, 11) is 0. The Hall–Kier alpha value is -6.18. The van der Waals surface area contributed by atoms with Gasteiger partial charge in [-0.25, -0.2) is 0 Å². The summed E-state index contributed by atoms with van der Waals surface area (Å²) in [6.45, 7) is 0. The van der Waals surface area contributed by atoms with Crippen LogP contribution in [0.1, 0.15) is 22.3 Å². The van der Waals surface area contributed by atoms with Crippen LogP contribution >= 0.6 is 0 Å². The number of hydrogen-bond donors (Lipinski definition) is 0. The first-order chi connectivity index (χ1) is 23.8. The molecule has 1 aliphatic heterocycles. The summed E-state index contributed by atoms with van der Waals surface area (Å²) in [5, 5.41) is 2.37. The normalized spacial score (nSPS) is 13.3. The van der Waals surface area contributed by atoms with Gasteiger partial charge in [0, 0.05) is 10.9 Å². The number of fused-ring (bicyclic) bond motifs is 5. The minimum Gasteiger partial charge on any atom is -0.456 e. The average molecular weight is 611 g/mol. The average Bonchev–Trinajstić information content (AvgIpc) is 3.47. The van der Waals surface area contributed by atoms with E-state index in [1.807, 2.05) is 0 Å². The summed E-state index contributed by atoms with van der Waals surface area (Å²) >= 11 is 0. The van der Waals surface area contributed by atoms with Crippen LogP contribution in [0.5, 0.6) is 11.5 Å². The van der Waals surface area contributed by atoms with Gasteiger partial charge < -0.3 is 4.74 Å². The van der Waals surface area contributed by atoms with Gasteiger partial charge in [0.05, 0.1) is 5.41 Å². The predicted octanol–water partition coefficient (Wildman–Crippen LogP) is 12.3. The van der Waals surface area contributed by atoms with Gasteiger partial charge in [0.1, 0.15) is 11.5 Å². The molecule has 10 rings (SSSR count). The molecule has 48 heavy (non-hydrogen) atoms. The van der Waals surface area contributed by atoms with E-state index in [2.05, 4.69) is 182 Å². The quantitative estimate of drug-likeness (QED) is 0.193. The zero-order chi connectivity index (χ0) is 31.7. The molecule has 0 bridgehead atoms. The third-order valence-corrected chi connectivity index (χ3v) is 10.4. The predicted molar refractivity (Wildman–Crippen MR) is 198 cm³/mol. The van der Waals surface area contributed by atoms with Crippen molar-refractivity contribution in [2.45, 2.75) is 5.41 Å². The number of benzene rings is 8. The van der Waals surface area contributed by atoms with E-state index < -0.39 is 5.41 Å². The molecule has 0 amide bonds. The SMILES string of the molecule is c1ccc(-c2ccc3c4c(cccc24)-c2cc(-c4cccc5c4-c4ccccc4C5(c4ccccc4)c4ccccc4)ccc2O3)cc1. The summed E-state index contributed by atoms with van der Waals surface area (Å²) in [4.78, 5) is 0. The van der Waals surface area contributed by atoms with Crippen LogP contribution in [0, 0.1) is 0 Å². The highest BCUT2D eigenvalue weighted by Gasteiger charge is 2.46. The maximum absolute atomic E-state index is 6.63. The molecular formula is C47H30O. The van der Waals surface area contributed by atoms with Crippen LogP contribution in [0.2, 0.25) is 0 Å². The van der Waals surface area contributed by atoms with Gasteiger partial charge in [-0.05, 0) is 84.8 Å². The molecule has 0 radical (unpaired) electrons. The van der Waals surface area contributed by atoms with Crippen LogP contribution in [0.3, 0.4) is 0 Å². The molecule has 8 aromatic carbocycles. The molecule has 224 valence electrons. The van der Waals surface area contributed by atoms with Crippen LogP contribution < -0.4 is 4.74 Å². The molecule has 1 heterocycles. The highest BCUT2D eigenvalue weighted by Crippen LogP contribution is 2.58. The summed E-state index contributed by atoms with van der Waals surface area (Å²) < 4.78 is 6.63. The summed E-state index contributed by atoms with van der Waals surface area (Å²) in [5.41, 5.74) is 14.5. The Kier molecular flexibility index (Phi) is 5.86. The van der Waals surface area contributed by atoms with Crippen molar-refractivity contribution >= 4 is 10.8 Å². The van der Waals surface area contributed by atoms with E-state index in [4.69, 9.17) is 4.74 Å². The van der Waals surface area contributed by atoms with Crippen LogP contribution in [-0.4, -0.2) is 0 Å². The molecule has 0 saturated carbocycles. The fourth-order valence-corrected chi connectivity index (χ4v) is 8.40. The Morgan fingerprint density at radius 2 is 0.958 bits per heavy atom. The molecule has 1 heteroatoms. The summed E-state index contributed by atoms with van der Waals surface area (Å²) in [6.07, 6.45) is 0. The molecule has 0 N–H and O–H groups in total. The second-order valence-electron chi connectivity index (χ2n) is 12.8. The highest BCUT2D eigenvalue weighted by molar-refractivity contribution is 6.10. The van der Waals surface area contributed by atoms with Crippen LogP contribution in [0.4, 0.5) is 0 Å². The van der Waals surface area contributed by atoms with Gasteiger partial charge in [-0.1, -0.05) is 164 Å². The summed E-state index contributed by atoms with van der Waals surface area (Å²) in [6, 6.07) is 66.1. The van der Waals surface area contributed by atoms with Crippen molar-refractivity contribution in [2.24, 2.45) is 0 Å². The molecule has 1 aliphatic carbocycles. The van der Waals surface area contributed by atoms with Crippen molar-refractivity contribution in [2.75, 3.05) is 0 Å². The zero-order valence-electron chi connectivity index (χ0n) is 26.2. The number of hydrogen-bond acceptors (Lipinski definition) is 1. The van der Waals surface area contributed by atoms with Gasteiger partial charge in [-0.3, -0.25) is 0 Å². The molecular weight excluding hydrogens is 581 g/mol. The van der Waals surface area contributed by atoms with E-state index in [1.165, 1.54) is 72.0 Å². The van der Waals surface area contributed by atoms with Crippen molar-refractivity contribution in [3.05, 3.63) is 204 Å². The molecule has 8 aromatic rings. The molecule has 0 atom stereocenters. The summed E-state index contributed by atoms with van der Waals surface area (Å²) in [5.74, 6) is 1.80. The Bertz CT molecular complexity index is 2470. The van der Waals surface area contributed by atoms with Gasteiger partial charge in [0.25, 0.3) is 0 Å². The molecule has 0 unspecified atom stereocenters. The van der Waals surface area contributed by atoms with Gasteiger partial charge in [0.2, 0.25) is 0 Å². The van der Waals surface area contributed by atoms with E-state index in [0.717, 1.165) is 17.1 Å². The lowest BCUT2D eigenvalue weighted by Crippen LogP contribution is -2.28. The maximum Gasteiger partial charge on any atom is 0.135 e. The van der Waals surface area contributed by atoms with E-state index in [0.29, 0.717) is 0 Å². The fourth-order valence-electron chi connectivity index (χ4n) is 8.40. The van der Waals surface area contributed by atoms with Gasteiger partial charge in [-0.2, -0.15) is 0 Å². The highest BCUT2D eigenvalue weighted by atomic mass is 16.5. The lowest BCUT2D eigenvalue weighted by molar-refractivity contribution is 0.487. The van der Waals surface area contributed by atoms with Crippen molar-refractivity contribution in [1.29, 1.82) is 0 Å². The third kappa shape index (κ3) is 3.73. The zero-order valence-corrected chi connectivity index (χ0v) is 26.2. The van der Waals surface area contributed by atoms with Crippen molar-refractivity contribution < 1.29 is 4.74 Å². The van der Waals surface area contributed by atoms with Crippen LogP contribution in [-0.2, 0) is 5.41 Å². The standard InChI is InChI=1S/C47H30O/c1-4-14-31(15-5-1)35-27-29-44-46-37(35)22-12-23-38(46)40-30-32(26-28-43(40)48-44)36-21-13-25-42-45(36)39-20-10-11-24-41(39)47(42,33-16-6-2-7-17-33)34-18-8-3-9-19-34/h1-30H. The fraction of sp³-hybridized carbons (Fsp3) is 0.0213. The van der Waals surface area contributed by atoms with E-state index in [9.17, 15) is 0 Å². The van der Waals surface area contributed by atoms with Crippen LogP contribution in [0.25, 0.3) is 55.3 Å². The number of ether oxygens (including phenoxy) is 1. The lowest BCUT2D eigenvalue weighted by Gasteiger charge is -2.34. The first-order valence-electron chi connectivity index (χ1n) is 16.6. The third-order valence-electron chi connectivity index (χ3n) is 10.4. The van der Waals surface area contributed by atoms with Crippen LogP contribution in [0.15, 0.2) is 182 Å². The molecule has 0 fully saturated rings. The lowest BCUT2D eigenvalue weighted by atomic mass is 9.67. The first-order valence-corrected chi connectivity index (χ1v) is 16.6. The Balaban J connectivity index is 1.21. The topological polar surface area (TPSA) is 9.23 Å². The Morgan fingerprint density at radius 1 is 0.354 bits per heavy atom. The second kappa shape index (κ2) is 10.4. The minimum absolute atomic E-state index is 0.430. The number of rotatable bonds is 4. The second-order valence-corrected chi connectivity index (χ2v) is 12.8. The largest absolute Gasteiger partial charge is 0.456 e. The smallest absolute Gasteiger partial charge is 0.135 e. The van der Waals surface area contributed by atoms with E-state index in [1.54, 1.807) is 0 Å². The van der Waals surface area contributed by atoms with E-state index in [-0.39, 0.29) is 0 Å². The first kappa shape index (κ1) is 27.0. The minimum atomic E-state index is -0.430. The van der Waals surface area contributed by atoms with Gasteiger partial charge in [0.15, 0.2) is 0 Å². The molecule has 0 aromatic heterocycles. The van der Waals surface area contributed by atoms with Gasteiger partial charge >= 0.3 is 0 Å². The van der Waals surface area contributed by atoms with Crippen molar-refractivity contribution in [3.63, 3.8) is 0 Å². The molecule has 0 saturated heterocycles. The maximum atomic E-state index is 6.63. The monoisotopic (exact) mass is 610 g/mol. The Labute approximate surface area is 280 Å².